The Labute approximate surface area is 90.9 Å². The minimum absolute atomic E-state index is 0.240. The summed E-state index contributed by atoms with van der Waals surface area (Å²) in [6.07, 6.45) is 0.861. The van der Waals surface area contributed by atoms with Crippen molar-refractivity contribution in [3.63, 3.8) is 0 Å². The van der Waals surface area contributed by atoms with Crippen molar-refractivity contribution in [1.82, 2.24) is 0 Å². The number of rotatable bonds is 4. The van der Waals surface area contributed by atoms with E-state index in [1.54, 1.807) is 7.11 Å². The summed E-state index contributed by atoms with van der Waals surface area (Å²) in [5.74, 6) is 1.03. The number of hydrogen-bond acceptors (Lipinski definition) is 3. The van der Waals surface area contributed by atoms with Crippen LogP contribution in [0.1, 0.15) is 30.4 Å². The zero-order valence-corrected chi connectivity index (χ0v) is 9.58. The highest BCUT2D eigenvalue weighted by Gasteiger charge is 2.14. The molecule has 3 nitrogen and oxygen atoms in total. The largest absolute Gasteiger partial charge is 0.504 e. The summed E-state index contributed by atoms with van der Waals surface area (Å²) in [5.41, 5.74) is 7.51. The molecular weight excluding hydrogens is 190 g/mol. The first-order valence-corrected chi connectivity index (χ1v) is 5.17. The van der Waals surface area contributed by atoms with Crippen molar-refractivity contribution in [2.45, 2.75) is 26.2 Å². The van der Waals surface area contributed by atoms with Gasteiger partial charge in [0, 0.05) is 5.56 Å². The average molecular weight is 209 g/mol. The van der Waals surface area contributed by atoms with Gasteiger partial charge in [-0.25, -0.2) is 0 Å². The quantitative estimate of drug-likeness (QED) is 0.799. The van der Waals surface area contributed by atoms with Crippen molar-refractivity contribution in [1.29, 1.82) is 0 Å². The van der Waals surface area contributed by atoms with E-state index < -0.39 is 0 Å². The Balaban J connectivity index is 3.11. The van der Waals surface area contributed by atoms with Gasteiger partial charge in [0.25, 0.3) is 0 Å². The molecule has 1 aromatic rings. The van der Waals surface area contributed by atoms with E-state index in [4.69, 9.17) is 10.5 Å². The summed E-state index contributed by atoms with van der Waals surface area (Å²) in [4.78, 5) is 0. The van der Waals surface area contributed by atoms with Gasteiger partial charge >= 0.3 is 0 Å². The number of hydrogen-bond donors (Lipinski definition) is 2. The monoisotopic (exact) mass is 209 g/mol. The molecule has 0 saturated carbocycles. The van der Waals surface area contributed by atoms with Crippen molar-refractivity contribution in [3.05, 3.63) is 23.3 Å². The van der Waals surface area contributed by atoms with Gasteiger partial charge in [-0.2, -0.15) is 0 Å². The molecule has 0 saturated heterocycles. The van der Waals surface area contributed by atoms with Gasteiger partial charge < -0.3 is 15.6 Å². The zero-order valence-electron chi connectivity index (χ0n) is 9.58. The molecule has 1 unspecified atom stereocenters. The van der Waals surface area contributed by atoms with Crippen molar-refractivity contribution >= 4 is 0 Å². The lowest BCUT2D eigenvalue weighted by atomic mass is 9.95. The molecule has 0 aliphatic heterocycles. The maximum Gasteiger partial charge on any atom is 0.161 e. The topological polar surface area (TPSA) is 55.5 Å². The molecule has 1 atom stereocenters. The Morgan fingerprint density at radius 3 is 2.67 bits per heavy atom. The molecule has 0 fully saturated rings. The summed E-state index contributed by atoms with van der Waals surface area (Å²) in [7, 11) is 1.56. The van der Waals surface area contributed by atoms with E-state index in [9.17, 15) is 5.11 Å². The smallest absolute Gasteiger partial charge is 0.161 e. The van der Waals surface area contributed by atoms with Crippen LogP contribution in [0, 0.1) is 6.92 Å². The molecule has 1 rings (SSSR count). The normalized spacial score (nSPS) is 12.5. The molecule has 3 N–H and O–H groups in total. The molecule has 0 bridgehead atoms. The molecule has 1 aromatic carbocycles. The van der Waals surface area contributed by atoms with Gasteiger partial charge in [-0.3, -0.25) is 0 Å². The summed E-state index contributed by atoms with van der Waals surface area (Å²) in [6.45, 7) is 4.66. The number of nitrogens with two attached hydrogens (primary N) is 1. The molecular formula is C12H19NO2. The highest BCUT2D eigenvalue weighted by molar-refractivity contribution is 5.49. The van der Waals surface area contributed by atoms with Gasteiger partial charge in [0.2, 0.25) is 0 Å². The fourth-order valence-corrected chi connectivity index (χ4v) is 1.71. The molecule has 0 heterocycles. The first-order valence-electron chi connectivity index (χ1n) is 5.17. The maximum absolute atomic E-state index is 9.94. The van der Waals surface area contributed by atoms with Crippen LogP contribution in [0.5, 0.6) is 11.5 Å². The van der Waals surface area contributed by atoms with E-state index >= 15 is 0 Å². The Hall–Kier alpha value is -1.22. The van der Waals surface area contributed by atoms with Crippen molar-refractivity contribution in [2.24, 2.45) is 5.73 Å². The summed E-state index contributed by atoms with van der Waals surface area (Å²) < 4.78 is 5.11. The minimum atomic E-state index is 0.240. The van der Waals surface area contributed by atoms with E-state index in [1.807, 2.05) is 19.1 Å². The number of methoxy groups -OCH3 is 1. The number of phenols is 1. The molecule has 0 radical (unpaired) electrons. The average Bonchev–Trinajstić information content (AvgIpc) is 2.21. The van der Waals surface area contributed by atoms with Crippen LogP contribution in [-0.4, -0.2) is 18.8 Å². The van der Waals surface area contributed by atoms with Gasteiger partial charge in [-0.1, -0.05) is 13.0 Å². The van der Waals surface area contributed by atoms with Gasteiger partial charge in [-0.05, 0) is 37.4 Å². The lowest BCUT2D eigenvalue weighted by Gasteiger charge is -2.15. The van der Waals surface area contributed by atoms with Crippen LogP contribution < -0.4 is 10.5 Å². The van der Waals surface area contributed by atoms with E-state index in [0.29, 0.717) is 12.3 Å². The lowest BCUT2D eigenvalue weighted by molar-refractivity contribution is 0.368. The van der Waals surface area contributed by atoms with Crippen LogP contribution in [0.25, 0.3) is 0 Å². The molecule has 0 spiro atoms. The van der Waals surface area contributed by atoms with Gasteiger partial charge in [0.05, 0.1) is 7.11 Å². The second kappa shape index (κ2) is 5.03. The highest BCUT2D eigenvalue weighted by atomic mass is 16.5. The molecule has 0 aromatic heterocycles. The first-order chi connectivity index (χ1) is 7.10. The third-order valence-corrected chi connectivity index (χ3v) is 2.60. The molecule has 15 heavy (non-hydrogen) atoms. The SMILES string of the molecule is COc1cc(C)cc(C(C)CCN)c1O. The Morgan fingerprint density at radius 1 is 1.47 bits per heavy atom. The predicted octanol–water partition coefficient (Wildman–Crippen LogP) is 2.16. The number of benzene rings is 1. The van der Waals surface area contributed by atoms with Gasteiger partial charge in [-0.15, -0.1) is 0 Å². The van der Waals surface area contributed by atoms with Crippen molar-refractivity contribution in [2.75, 3.05) is 13.7 Å². The van der Waals surface area contributed by atoms with E-state index in [-0.39, 0.29) is 11.7 Å². The summed E-state index contributed by atoms with van der Waals surface area (Å²) in [5, 5.41) is 9.94. The van der Waals surface area contributed by atoms with Crippen LogP contribution in [0.3, 0.4) is 0 Å². The van der Waals surface area contributed by atoms with Crippen LogP contribution in [0.15, 0.2) is 12.1 Å². The Bertz CT molecular complexity index is 337. The van der Waals surface area contributed by atoms with Crippen LogP contribution >= 0.6 is 0 Å². The second-order valence-corrected chi connectivity index (χ2v) is 3.88. The van der Waals surface area contributed by atoms with Crippen LogP contribution in [-0.2, 0) is 0 Å². The van der Waals surface area contributed by atoms with E-state index in [0.717, 1.165) is 17.5 Å². The number of ether oxygens (including phenoxy) is 1. The Kier molecular flexibility index (Phi) is 3.97. The third-order valence-electron chi connectivity index (χ3n) is 2.60. The summed E-state index contributed by atoms with van der Waals surface area (Å²) in [6, 6.07) is 3.81. The van der Waals surface area contributed by atoms with Crippen LogP contribution in [0.2, 0.25) is 0 Å². The number of aryl methyl sites for hydroxylation is 1. The van der Waals surface area contributed by atoms with E-state index in [2.05, 4.69) is 6.92 Å². The fraction of sp³-hybridized carbons (Fsp3) is 0.500. The van der Waals surface area contributed by atoms with Crippen molar-refractivity contribution in [3.8, 4) is 11.5 Å². The molecule has 3 heteroatoms. The minimum Gasteiger partial charge on any atom is -0.504 e. The predicted molar refractivity (Wildman–Crippen MR) is 61.5 cm³/mol. The molecule has 0 aliphatic rings. The molecule has 0 aliphatic carbocycles. The fourth-order valence-electron chi connectivity index (χ4n) is 1.71. The standard InChI is InChI=1S/C12H19NO2/c1-8-6-10(9(2)4-5-13)12(14)11(7-8)15-3/h6-7,9,14H,4-5,13H2,1-3H3. The first kappa shape index (κ1) is 11.9. The lowest BCUT2D eigenvalue weighted by Crippen LogP contribution is -2.05. The highest BCUT2D eigenvalue weighted by Crippen LogP contribution is 2.36. The Morgan fingerprint density at radius 2 is 2.13 bits per heavy atom. The zero-order chi connectivity index (χ0) is 11.4. The number of phenolic OH excluding ortho intramolecular Hbond substituents is 1. The third kappa shape index (κ3) is 2.63. The second-order valence-electron chi connectivity index (χ2n) is 3.88. The van der Waals surface area contributed by atoms with Crippen LogP contribution in [0.4, 0.5) is 0 Å². The van der Waals surface area contributed by atoms with E-state index in [1.165, 1.54) is 0 Å². The number of aromatic hydroxyl groups is 1. The maximum atomic E-state index is 9.94. The van der Waals surface area contributed by atoms with Gasteiger partial charge in [0.1, 0.15) is 0 Å². The molecule has 84 valence electrons. The summed E-state index contributed by atoms with van der Waals surface area (Å²) >= 11 is 0. The van der Waals surface area contributed by atoms with Gasteiger partial charge in [0.15, 0.2) is 11.5 Å². The molecule has 0 amide bonds. The van der Waals surface area contributed by atoms with Crippen molar-refractivity contribution < 1.29 is 9.84 Å².